The normalized spacial score (nSPS) is 11.9. The molecule has 2 heteroatoms. The second kappa shape index (κ2) is 5.30. The van der Waals surface area contributed by atoms with E-state index in [4.69, 9.17) is 0 Å². The molecule has 1 aromatic carbocycles. The van der Waals surface area contributed by atoms with Crippen molar-refractivity contribution in [2.45, 2.75) is 20.3 Å². The molecule has 0 amide bonds. The molecule has 14 heavy (non-hydrogen) atoms. The first kappa shape index (κ1) is 11.4. The molecule has 1 aromatic rings. The van der Waals surface area contributed by atoms with E-state index in [9.17, 15) is 4.39 Å². The Balaban J connectivity index is 2.99. The van der Waals surface area contributed by atoms with Gasteiger partial charge in [-0.3, -0.25) is 0 Å². The Kier molecular flexibility index (Phi) is 4.33. The van der Waals surface area contributed by atoms with E-state index >= 15 is 0 Å². The number of benzene rings is 1. The summed E-state index contributed by atoms with van der Waals surface area (Å²) in [5, 5.41) is 0.943. The van der Waals surface area contributed by atoms with Gasteiger partial charge in [0.15, 0.2) is 0 Å². The fraction of sp³-hybridized carbons (Fsp3) is 0.333. The van der Waals surface area contributed by atoms with Crippen molar-refractivity contribution >= 4 is 21.5 Å². The zero-order chi connectivity index (χ0) is 10.6. The average Bonchev–Trinajstić information content (AvgIpc) is 2.18. The predicted octanol–water partition coefficient (Wildman–Crippen LogP) is 4.32. The number of halogens is 2. The largest absolute Gasteiger partial charge is 0.207 e. The molecule has 0 saturated carbocycles. The van der Waals surface area contributed by atoms with Crippen LogP contribution in [0.25, 0.3) is 5.57 Å². The van der Waals surface area contributed by atoms with Crippen molar-refractivity contribution in [3.8, 4) is 0 Å². The van der Waals surface area contributed by atoms with Gasteiger partial charge in [0.1, 0.15) is 5.82 Å². The highest BCUT2D eigenvalue weighted by molar-refractivity contribution is 9.09. The van der Waals surface area contributed by atoms with Crippen LogP contribution in [-0.4, -0.2) is 5.33 Å². The molecule has 76 valence electrons. The molecule has 1 rings (SSSR count). The molecular formula is C12H14BrF. The van der Waals surface area contributed by atoms with Crippen LogP contribution in [0, 0.1) is 12.7 Å². The third-order valence-electron chi connectivity index (χ3n) is 2.18. The molecule has 0 aromatic heterocycles. The van der Waals surface area contributed by atoms with Crippen LogP contribution < -0.4 is 0 Å². The maximum Gasteiger partial charge on any atom is 0.123 e. The van der Waals surface area contributed by atoms with Gasteiger partial charge in [-0.25, -0.2) is 4.39 Å². The molecule has 0 bridgehead atoms. The number of rotatable bonds is 3. The monoisotopic (exact) mass is 256 g/mol. The average molecular weight is 257 g/mol. The molecule has 0 saturated heterocycles. The highest BCUT2D eigenvalue weighted by atomic mass is 79.9. The van der Waals surface area contributed by atoms with Gasteiger partial charge in [0.2, 0.25) is 0 Å². The van der Waals surface area contributed by atoms with Crippen molar-refractivity contribution in [3.05, 3.63) is 41.2 Å². The van der Waals surface area contributed by atoms with Crippen LogP contribution in [0.5, 0.6) is 0 Å². The molecule has 0 N–H and O–H groups in total. The Bertz CT molecular complexity index is 342. The van der Waals surface area contributed by atoms with E-state index in [1.807, 2.05) is 19.9 Å². The minimum atomic E-state index is -0.169. The molecule has 0 aliphatic heterocycles. The summed E-state index contributed by atoms with van der Waals surface area (Å²) in [6.07, 6.45) is 3.10. The van der Waals surface area contributed by atoms with Crippen LogP contribution in [0.3, 0.4) is 0 Å². The van der Waals surface area contributed by atoms with Gasteiger partial charge in [-0.15, -0.1) is 0 Å². The van der Waals surface area contributed by atoms with E-state index in [1.54, 1.807) is 6.07 Å². The van der Waals surface area contributed by atoms with E-state index in [2.05, 4.69) is 22.0 Å². The minimum Gasteiger partial charge on any atom is -0.207 e. The molecule has 0 atom stereocenters. The first-order valence-electron chi connectivity index (χ1n) is 4.64. The van der Waals surface area contributed by atoms with Gasteiger partial charge in [-0.05, 0) is 49.1 Å². The topological polar surface area (TPSA) is 0 Å². The standard InChI is InChI=1S/C12H14BrF/c1-9(4-3-7-13)12-8-11(14)6-5-10(12)2/h4-6,8H,3,7H2,1-2H3/b9-4-. The van der Waals surface area contributed by atoms with Gasteiger partial charge in [0, 0.05) is 5.33 Å². The second-order valence-corrected chi connectivity index (χ2v) is 4.12. The number of hydrogen-bond donors (Lipinski definition) is 0. The Morgan fingerprint density at radius 1 is 1.50 bits per heavy atom. The SMILES string of the molecule is C/C(=C/CCBr)c1cc(F)ccc1C. The number of hydrogen-bond acceptors (Lipinski definition) is 0. The highest BCUT2D eigenvalue weighted by Crippen LogP contribution is 2.20. The molecule has 0 spiro atoms. The van der Waals surface area contributed by atoms with E-state index in [0.717, 1.165) is 28.5 Å². The number of aryl methyl sites for hydroxylation is 1. The van der Waals surface area contributed by atoms with Crippen LogP contribution in [0.15, 0.2) is 24.3 Å². The minimum absolute atomic E-state index is 0.169. The van der Waals surface area contributed by atoms with Gasteiger partial charge in [-0.1, -0.05) is 28.1 Å². The Labute approximate surface area is 93.0 Å². The molecule has 0 aliphatic rings. The first-order valence-corrected chi connectivity index (χ1v) is 5.76. The quantitative estimate of drug-likeness (QED) is 0.707. The van der Waals surface area contributed by atoms with Crippen molar-refractivity contribution in [1.82, 2.24) is 0 Å². The van der Waals surface area contributed by atoms with Gasteiger partial charge in [-0.2, -0.15) is 0 Å². The molecule has 0 radical (unpaired) electrons. The lowest BCUT2D eigenvalue weighted by Gasteiger charge is -2.06. The Hall–Kier alpha value is -0.630. The number of alkyl halides is 1. The summed E-state index contributed by atoms with van der Waals surface area (Å²) in [5.74, 6) is -0.169. The highest BCUT2D eigenvalue weighted by Gasteiger charge is 2.01. The summed E-state index contributed by atoms with van der Waals surface area (Å²) in [5.41, 5.74) is 3.27. The second-order valence-electron chi connectivity index (χ2n) is 3.32. The van der Waals surface area contributed by atoms with Crippen LogP contribution >= 0.6 is 15.9 Å². The van der Waals surface area contributed by atoms with Gasteiger partial charge >= 0.3 is 0 Å². The third kappa shape index (κ3) is 2.95. The van der Waals surface area contributed by atoms with Crippen molar-refractivity contribution in [1.29, 1.82) is 0 Å². The predicted molar refractivity (Wildman–Crippen MR) is 63.2 cm³/mol. The van der Waals surface area contributed by atoms with Crippen molar-refractivity contribution in [2.24, 2.45) is 0 Å². The zero-order valence-electron chi connectivity index (χ0n) is 8.48. The molecule has 0 nitrogen and oxygen atoms in total. The van der Waals surface area contributed by atoms with E-state index in [0.29, 0.717) is 0 Å². The lowest BCUT2D eigenvalue weighted by Crippen LogP contribution is -1.88. The summed E-state index contributed by atoms with van der Waals surface area (Å²) < 4.78 is 13.0. The van der Waals surface area contributed by atoms with Gasteiger partial charge in [0.25, 0.3) is 0 Å². The Morgan fingerprint density at radius 2 is 2.21 bits per heavy atom. The van der Waals surface area contributed by atoms with Crippen molar-refractivity contribution in [3.63, 3.8) is 0 Å². The van der Waals surface area contributed by atoms with Crippen LogP contribution in [0.2, 0.25) is 0 Å². The first-order chi connectivity index (χ1) is 6.65. The van der Waals surface area contributed by atoms with Crippen molar-refractivity contribution < 1.29 is 4.39 Å². The van der Waals surface area contributed by atoms with E-state index in [-0.39, 0.29) is 5.82 Å². The van der Waals surface area contributed by atoms with Crippen molar-refractivity contribution in [2.75, 3.05) is 5.33 Å². The maximum atomic E-state index is 13.0. The Morgan fingerprint density at radius 3 is 2.86 bits per heavy atom. The van der Waals surface area contributed by atoms with E-state index in [1.165, 1.54) is 6.07 Å². The van der Waals surface area contributed by atoms with E-state index < -0.39 is 0 Å². The smallest absolute Gasteiger partial charge is 0.123 e. The fourth-order valence-electron chi connectivity index (χ4n) is 1.40. The summed E-state index contributed by atoms with van der Waals surface area (Å²) in [6, 6.07) is 4.90. The van der Waals surface area contributed by atoms with Crippen LogP contribution in [0.1, 0.15) is 24.5 Å². The lowest BCUT2D eigenvalue weighted by molar-refractivity contribution is 0.627. The summed E-state index contributed by atoms with van der Waals surface area (Å²) >= 11 is 3.36. The molecule has 0 fully saturated rings. The van der Waals surface area contributed by atoms with Crippen LogP contribution in [-0.2, 0) is 0 Å². The molecule has 0 aliphatic carbocycles. The molecular weight excluding hydrogens is 243 g/mol. The summed E-state index contributed by atoms with van der Waals surface area (Å²) in [4.78, 5) is 0. The zero-order valence-corrected chi connectivity index (χ0v) is 10.1. The number of allylic oxidation sites excluding steroid dienone is 2. The summed E-state index contributed by atoms with van der Waals surface area (Å²) in [7, 11) is 0. The third-order valence-corrected chi connectivity index (χ3v) is 2.64. The van der Waals surface area contributed by atoms with Crippen LogP contribution in [0.4, 0.5) is 4.39 Å². The fourth-order valence-corrected chi connectivity index (χ4v) is 1.63. The maximum absolute atomic E-state index is 13.0. The van der Waals surface area contributed by atoms with Gasteiger partial charge < -0.3 is 0 Å². The molecule has 0 heterocycles. The van der Waals surface area contributed by atoms with Gasteiger partial charge in [0.05, 0.1) is 0 Å². The lowest BCUT2D eigenvalue weighted by atomic mass is 10.0. The molecule has 0 unspecified atom stereocenters. The summed E-state index contributed by atoms with van der Waals surface area (Å²) in [6.45, 7) is 4.02.